The SMILES string of the molecule is SC[C@@H]1CN[C@H]2CCCC[C@H]2NC1. The van der Waals surface area contributed by atoms with Crippen LogP contribution in [0.1, 0.15) is 25.7 Å². The topological polar surface area (TPSA) is 24.1 Å². The average Bonchev–Trinajstić information content (AvgIpc) is 2.39. The summed E-state index contributed by atoms with van der Waals surface area (Å²) >= 11 is 4.36. The van der Waals surface area contributed by atoms with Crippen molar-refractivity contribution in [3.8, 4) is 0 Å². The number of hydrogen-bond acceptors (Lipinski definition) is 3. The van der Waals surface area contributed by atoms with Crippen LogP contribution in [0.3, 0.4) is 0 Å². The molecule has 1 saturated heterocycles. The molecular formula is C10H20N2S. The van der Waals surface area contributed by atoms with E-state index in [-0.39, 0.29) is 0 Å². The van der Waals surface area contributed by atoms with Gasteiger partial charge < -0.3 is 10.6 Å². The van der Waals surface area contributed by atoms with E-state index >= 15 is 0 Å². The molecule has 1 aliphatic carbocycles. The van der Waals surface area contributed by atoms with Gasteiger partial charge in [-0.05, 0) is 24.5 Å². The van der Waals surface area contributed by atoms with Crippen molar-refractivity contribution in [1.29, 1.82) is 0 Å². The molecule has 2 fully saturated rings. The maximum absolute atomic E-state index is 4.36. The molecule has 0 bridgehead atoms. The number of nitrogens with one attached hydrogen (secondary N) is 2. The van der Waals surface area contributed by atoms with Crippen LogP contribution in [0, 0.1) is 5.92 Å². The van der Waals surface area contributed by atoms with Gasteiger partial charge >= 0.3 is 0 Å². The summed E-state index contributed by atoms with van der Waals surface area (Å²) in [6, 6.07) is 1.47. The van der Waals surface area contributed by atoms with Crippen LogP contribution < -0.4 is 10.6 Å². The second-order valence-electron chi connectivity index (χ2n) is 4.36. The monoisotopic (exact) mass is 200 g/mol. The highest BCUT2D eigenvalue weighted by Crippen LogP contribution is 2.20. The minimum Gasteiger partial charge on any atom is -0.312 e. The van der Waals surface area contributed by atoms with Gasteiger partial charge in [-0.15, -0.1) is 0 Å². The lowest BCUT2D eigenvalue weighted by atomic mass is 9.91. The third-order valence-corrected chi connectivity index (χ3v) is 3.88. The lowest BCUT2D eigenvalue weighted by Crippen LogP contribution is -2.47. The van der Waals surface area contributed by atoms with Crippen LogP contribution in [0.4, 0.5) is 0 Å². The summed E-state index contributed by atoms with van der Waals surface area (Å²) in [7, 11) is 0. The van der Waals surface area contributed by atoms with Gasteiger partial charge in [0.05, 0.1) is 0 Å². The highest BCUT2D eigenvalue weighted by Gasteiger charge is 2.27. The van der Waals surface area contributed by atoms with E-state index in [1.54, 1.807) is 0 Å². The first-order valence-electron chi connectivity index (χ1n) is 5.48. The zero-order valence-electron chi connectivity index (χ0n) is 8.13. The quantitative estimate of drug-likeness (QED) is 0.551. The summed E-state index contributed by atoms with van der Waals surface area (Å²) in [6.45, 7) is 2.30. The van der Waals surface area contributed by atoms with E-state index in [1.165, 1.54) is 25.7 Å². The van der Waals surface area contributed by atoms with Crippen molar-refractivity contribution in [2.75, 3.05) is 18.8 Å². The molecule has 3 atom stereocenters. The number of hydrogen-bond donors (Lipinski definition) is 3. The van der Waals surface area contributed by atoms with Crippen molar-refractivity contribution in [2.24, 2.45) is 5.92 Å². The van der Waals surface area contributed by atoms with E-state index in [9.17, 15) is 0 Å². The molecule has 0 aromatic heterocycles. The lowest BCUT2D eigenvalue weighted by molar-refractivity contribution is 0.309. The van der Waals surface area contributed by atoms with Gasteiger partial charge in [0.25, 0.3) is 0 Å². The molecule has 13 heavy (non-hydrogen) atoms. The fourth-order valence-corrected chi connectivity index (χ4v) is 2.72. The minimum atomic E-state index is 0.717. The summed E-state index contributed by atoms with van der Waals surface area (Å²) in [4.78, 5) is 0. The maximum Gasteiger partial charge on any atom is 0.0221 e. The Morgan fingerprint density at radius 2 is 1.54 bits per heavy atom. The van der Waals surface area contributed by atoms with E-state index in [4.69, 9.17) is 0 Å². The van der Waals surface area contributed by atoms with Gasteiger partial charge in [-0.3, -0.25) is 0 Å². The summed E-state index contributed by atoms with van der Waals surface area (Å²) in [5.41, 5.74) is 0. The normalized spacial score (nSPS) is 40.8. The Bertz CT molecular complexity index is 147. The average molecular weight is 200 g/mol. The second-order valence-corrected chi connectivity index (χ2v) is 4.73. The van der Waals surface area contributed by atoms with Gasteiger partial charge in [0.2, 0.25) is 0 Å². The zero-order chi connectivity index (χ0) is 9.10. The third kappa shape index (κ3) is 2.39. The Balaban J connectivity index is 1.91. The summed E-state index contributed by atoms with van der Waals surface area (Å²) in [6.07, 6.45) is 5.52. The Kier molecular flexibility index (Phi) is 3.52. The van der Waals surface area contributed by atoms with Crippen molar-refractivity contribution >= 4 is 12.6 Å². The molecule has 2 aliphatic rings. The molecular weight excluding hydrogens is 180 g/mol. The van der Waals surface area contributed by atoms with E-state index in [0.29, 0.717) is 5.92 Å². The number of thiol groups is 1. The first-order chi connectivity index (χ1) is 6.40. The number of fused-ring (bicyclic) bond motifs is 1. The van der Waals surface area contributed by atoms with Gasteiger partial charge in [0.1, 0.15) is 0 Å². The fourth-order valence-electron chi connectivity index (χ4n) is 2.46. The Morgan fingerprint density at radius 1 is 1.00 bits per heavy atom. The van der Waals surface area contributed by atoms with Crippen LogP contribution in [0.15, 0.2) is 0 Å². The molecule has 0 spiro atoms. The lowest BCUT2D eigenvalue weighted by Gasteiger charge is -2.30. The van der Waals surface area contributed by atoms with Crippen molar-refractivity contribution in [2.45, 2.75) is 37.8 Å². The standard InChI is InChI=1S/C10H20N2S/c13-7-8-5-11-9-3-1-2-4-10(9)12-6-8/h8-13H,1-7H2/t8-,9+,10-. The van der Waals surface area contributed by atoms with Gasteiger partial charge in [0, 0.05) is 25.2 Å². The molecule has 2 N–H and O–H groups in total. The molecule has 76 valence electrons. The Labute approximate surface area is 86.3 Å². The van der Waals surface area contributed by atoms with Crippen LogP contribution in [-0.2, 0) is 0 Å². The van der Waals surface area contributed by atoms with E-state index in [1.807, 2.05) is 0 Å². The smallest absolute Gasteiger partial charge is 0.0221 e. The molecule has 1 heterocycles. The Morgan fingerprint density at radius 3 is 2.00 bits per heavy atom. The van der Waals surface area contributed by atoms with Crippen LogP contribution in [-0.4, -0.2) is 30.9 Å². The van der Waals surface area contributed by atoms with Gasteiger partial charge in [-0.25, -0.2) is 0 Å². The van der Waals surface area contributed by atoms with E-state index in [0.717, 1.165) is 30.9 Å². The fraction of sp³-hybridized carbons (Fsp3) is 1.00. The van der Waals surface area contributed by atoms with E-state index in [2.05, 4.69) is 23.3 Å². The summed E-state index contributed by atoms with van der Waals surface area (Å²) in [5, 5.41) is 7.35. The molecule has 1 aliphatic heterocycles. The molecule has 0 aromatic carbocycles. The second kappa shape index (κ2) is 4.67. The first-order valence-corrected chi connectivity index (χ1v) is 6.11. The molecule has 0 amide bonds. The molecule has 0 unspecified atom stereocenters. The van der Waals surface area contributed by atoms with Crippen molar-refractivity contribution in [3.63, 3.8) is 0 Å². The molecule has 1 saturated carbocycles. The highest BCUT2D eigenvalue weighted by molar-refractivity contribution is 7.80. The molecule has 0 aromatic rings. The summed E-state index contributed by atoms with van der Waals surface area (Å²) in [5.74, 6) is 1.72. The summed E-state index contributed by atoms with van der Waals surface area (Å²) < 4.78 is 0. The number of rotatable bonds is 1. The predicted octanol–water partition coefficient (Wildman–Crippen LogP) is 1.04. The van der Waals surface area contributed by atoms with Crippen molar-refractivity contribution in [1.82, 2.24) is 10.6 Å². The molecule has 0 radical (unpaired) electrons. The molecule has 2 rings (SSSR count). The van der Waals surface area contributed by atoms with Gasteiger partial charge in [-0.1, -0.05) is 12.8 Å². The van der Waals surface area contributed by atoms with Crippen molar-refractivity contribution in [3.05, 3.63) is 0 Å². The van der Waals surface area contributed by atoms with Crippen molar-refractivity contribution < 1.29 is 0 Å². The molecule has 2 nitrogen and oxygen atoms in total. The largest absolute Gasteiger partial charge is 0.312 e. The maximum atomic E-state index is 4.36. The van der Waals surface area contributed by atoms with Crippen LogP contribution in [0.2, 0.25) is 0 Å². The first kappa shape index (κ1) is 9.81. The van der Waals surface area contributed by atoms with Crippen LogP contribution in [0.5, 0.6) is 0 Å². The molecule has 3 heteroatoms. The minimum absolute atomic E-state index is 0.717. The van der Waals surface area contributed by atoms with Gasteiger partial charge in [0.15, 0.2) is 0 Å². The van der Waals surface area contributed by atoms with E-state index < -0.39 is 0 Å². The predicted molar refractivity (Wildman–Crippen MR) is 59.4 cm³/mol. The third-order valence-electron chi connectivity index (χ3n) is 3.36. The Hall–Kier alpha value is 0.270. The van der Waals surface area contributed by atoms with Crippen LogP contribution in [0.25, 0.3) is 0 Å². The highest BCUT2D eigenvalue weighted by atomic mass is 32.1. The van der Waals surface area contributed by atoms with Crippen LogP contribution >= 0.6 is 12.6 Å². The zero-order valence-corrected chi connectivity index (χ0v) is 9.02. The van der Waals surface area contributed by atoms with Gasteiger partial charge in [-0.2, -0.15) is 12.6 Å².